The fourth-order valence-electron chi connectivity index (χ4n) is 3.13. The topological polar surface area (TPSA) is 48.0 Å². The standard InChI is InChI=1S/C22H43NO4Si/c1-12-13-17(15-26-28(10,11)21(5,6)7)14-18-16-25-22(8,9)23(18)19(24)27-20(2,3)4/h12,17-18H,1,13-16H2,2-11H3/t17-,18?/m1/s1. The maximum Gasteiger partial charge on any atom is 0.412 e. The van der Waals surface area contributed by atoms with Gasteiger partial charge in [0.05, 0.1) is 12.6 Å². The second-order valence-corrected chi connectivity index (χ2v) is 15.8. The lowest BCUT2D eigenvalue weighted by atomic mass is 9.97. The maximum absolute atomic E-state index is 12.9. The fraction of sp³-hybridized carbons (Fsp3) is 0.864. The van der Waals surface area contributed by atoms with Crippen molar-refractivity contribution >= 4 is 14.4 Å². The van der Waals surface area contributed by atoms with Crippen molar-refractivity contribution in [2.75, 3.05) is 13.2 Å². The SMILES string of the molecule is C=CC[C@@H](CO[Si](C)(C)C(C)(C)C)CC1COC(C)(C)N1C(=O)OC(C)(C)C. The smallest absolute Gasteiger partial charge is 0.412 e. The van der Waals surface area contributed by atoms with Crippen LogP contribution in [0.1, 0.15) is 68.2 Å². The summed E-state index contributed by atoms with van der Waals surface area (Å²) in [6, 6.07) is -0.0298. The quantitative estimate of drug-likeness (QED) is 0.381. The number of nitrogens with zero attached hydrogens (tertiary/aromatic N) is 1. The summed E-state index contributed by atoms with van der Waals surface area (Å²) < 4.78 is 18.1. The Morgan fingerprint density at radius 1 is 1.29 bits per heavy atom. The highest BCUT2D eigenvalue weighted by Crippen LogP contribution is 2.38. The molecule has 1 rings (SSSR count). The first kappa shape index (κ1) is 25.2. The zero-order valence-corrected chi connectivity index (χ0v) is 20.8. The van der Waals surface area contributed by atoms with E-state index < -0.39 is 19.6 Å². The van der Waals surface area contributed by atoms with Crippen molar-refractivity contribution in [1.29, 1.82) is 0 Å². The van der Waals surface area contributed by atoms with Crippen LogP contribution in [0.4, 0.5) is 4.79 Å². The number of carbonyl (C=O) groups is 1. The molecular formula is C22H43NO4Si. The molecule has 0 bridgehead atoms. The molecule has 0 aromatic carbocycles. The summed E-state index contributed by atoms with van der Waals surface area (Å²) in [5, 5.41) is 0.173. The number of hydrogen-bond acceptors (Lipinski definition) is 4. The van der Waals surface area contributed by atoms with Gasteiger partial charge in [0.2, 0.25) is 0 Å². The van der Waals surface area contributed by atoms with Crippen LogP contribution in [0.3, 0.4) is 0 Å². The third kappa shape index (κ3) is 6.89. The number of hydrogen-bond donors (Lipinski definition) is 0. The Kier molecular flexibility index (Phi) is 7.99. The first-order valence-corrected chi connectivity index (χ1v) is 13.3. The normalized spacial score (nSPS) is 21.5. The molecule has 0 aromatic heterocycles. The molecule has 1 heterocycles. The van der Waals surface area contributed by atoms with Crippen LogP contribution in [-0.2, 0) is 13.9 Å². The third-order valence-corrected chi connectivity index (χ3v) is 10.3. The van der Waals surface area contributed by atoms with Crippen molar-refractivity contribution in [2.45, 2.75) is 104 Å². The molecule has 0 aliphatic carbocycles. The first-order valence-electron chi connectivity index (χ1n) is 10.4. The molecule has 0 radical (unpaired) electrons. The predicted octanol–water partition coefficient (Wildman–Crippen LogP) is 5.96. The molecule has 0 spiro atoms. The lowest BCUT2D eigenvalue weighted by molar-refractivity contribution is -0.0632. The van der Waals surface area contributed by atoms with E-state index in [0.717, 1.165) is 12.8 Å². The van der Waals surface area contributed by atoms with E-state index in [4.69, 9.17) is 13.9 Å². The lowest BCUT2D eigenvalue weighted by Gasteiger charge is -2.38. The highest BCUT2D eigenvalue weighted by Gasteiger charge is 2.46. The summed E-state index contributed by atoms with van der Waals surface area (Å²) in [6.07, 6.45) is 3.29. The summed E-state index contributed by atoms with van der Waals surface area (Å²) in [4.78, 5) is 14.6. The molecule has 1 unspecified atom stereocenters. The van der Waals surface area contributed by atoms with Crippen molar-refractivity contribution in [3.8, 4) is 0 Å². The molecule has 0 N–H and O–H groups in total. The largest absolute Gasteiger partial charge is 0.444 e. The van der Waals surface area contributed by atoms with Crippen molar-refractivity contribution in [2.24, 2.45) is 5.92 Å². The van der Waals surface area contributed by atoms with Crippen LogP contribution in [0, 0.1) is 5.92 Å². The second kappa shape index (κ2) is 8.88. The minimum atomic E-state index is -1.82. The summed E-state index contributed by atoms with van der Waals surface area (Å²) in [6.45, 7) is 25.9. The maximum atomic E-state index is 12.9. The Balaban J connectivity index is 2.89. The van der Waals surface area contributed by atoms with E-state index in [0.29, 0.717) is 19.1 Å². The van der Waals surface area contributed by atoms with Crippen LogP contribution < -0.4 is 0 Å². The van der Waals surface area contributed by atoms with Gasteiger partial charge in [0, 0.05) is 6.61 Å². The zero-order chi connectivity index (χ0) is 22.0. The molecule has 28 heavy (non-hydrogen) atoms. The van der Waals surface area contributed by atoms with Crippen molar-refractivity contribution in [1.82, 2.24) is 4.90 Å². The highest BCUT2D eigenvalue weighted by atomic mass is 28.4. The van der Waals surface area contributed by atoms with Gasteiger partial charge in [-0.25, -0.2) is 4.79 Å². The molecule has 1 fully saturated rings. The van der Waals surface area contributed by atoms with Crippen LogP contribution in [0.2, 0.25) is 18.1 Å². The Morgan fingerprint density at radius 2 is 1.86 bits per heavy atom. The van der Waals surface area contributed by atoms with E-state index in [1.54, 1.807) is 4.90 Å². The molecule has 164 valence electrons. The van der Waals surface area contributed by atoms with Gasteiger partial charge in [-0.1, -0.05) is 26.8 Å². The van der Waals surface area contributed by atoms with Gasteiger partial charge in [-0.2, -0.15) is 0 Å². The highest BCUT2D eigenvalue weighted by molar-refractivity contribution is 6.74. The van der Waals surface area contributed by atoms with E-state index in [2.05, 4.69) is 40.4 Å². The average molecular weight is 414 g/mol. The average Bonchev–Trinajstić information content (AvgIpc) is 2.77. The monoisotopic (exact) mass is 413 g/mol. The Bertz CT molecular complexity index is 546. The van der Waals surface area contributed by atoms with E-state index in [1.165, 1.54) is 0 Å². The van der Waals surface area contributed by atoms with E-state index in [9.17, 15) is 4.79 Å². The van der Waals surface area contributed by atoms with E-state index >= 15 is 0 Å². The van der Waals surface area contributed by atoms with Gasteiger partial charge < -0.3 is 13.9 Å². The van der Waals surface area contributed by atoms with Gasteiger partial charge in [-0.05, 0) is 71.5 Å². The molecule has 6 heteroatoms. The zero-order valence-electron chi connectivity index (χ0n) is 19.8. The number of carbonyl (C=O) groups excluding carboxylic acids is 1. The molecule has 2 atom stereocenters. The van der Waals surface area contributed by atoms with Crippen LogP contribution in [0.25, 0.3) is 0 Å². The Labute approximate surface area is 173 Å². The fourth-order valence-corrected chi connectivity index (χ4v) is 4.22. The summed E-state index contributed by atoms with van der Waals surface area (Å²) in [7, 11) is -1.82. The number of amides is 1. The van der Waals surface area contributed by atoms with E-state index in [1.807, 2.05) is 40.7 Å². The summed E-state index contributed by atoms with van der Waals surface area (Å²) in [5.74, 6) is 0.291. The van der Waals surface area contributed by atoms with Crippen LogP contribution >= 0.6 is 0 Å². The van der Waals surface area contributed by atoms with Gasteiger partial charge in [-0.3, -0.25) is 4.90 Å². The lowest BCUT2D eigenvalue weighted by Crippen LogP contribution is -2.50. The minimum Gasteiger partial charge on any atom is -0.444 e. The van der Waals surface area contributed by atoms with Gasteiger partial charge in [0.25, 0.3) is 0 Å². The predicted molar refractivity (Wildman–Crippen MR) is 118 cm³/mol. The molecule has 0 aromatic rings. The van der Waals surface area contributed by atoms with Crippen LogP contribution in [-0.4, -0.2) is 49.9 Å². The molecule has 0 saturated carbocycles. The van der Waals surface area contributed by atoms with Crippen LogP contribution in [0.15, 0.2) is 12.7 Å². The molecule has 5 nitrogen and oxygen atoms in total. The third-order valence-electron chi connectivity index (χ3n) is 5.76. The minimum absolute atomic E-state index is 0.0298. The second-order valence-electron chi connectivity index (χ2n) is 11.0. The van der Waals surface area contributed by atoms with Crippen molar-refractivity contribution in [3.05, 3.63) is 12.7 Å². The summed E-state index contributed by atoms with van der Waals surface area (Å²) in [5.41, 5.74) is -1.21. The van der Waals surface area contributed by atoms with Crippen LogP contribution in [0.5, 0.6) is 0 Å². The molecule has 1 aliphatic heterocycles. The molecule has 1 aliphatic rings. The molecule has 1 amide bonds. The van der Waals surface area contributed by atoms with E-state index in [-0.39, 0.29) is 17.2 Å². The number of rotatable bonds is 7. The summed E-state index contributed by atoms with van der Waals surface area (Å²) >= 11 is 0. The van der Waals surface area contributed by atoms with Gasteiger partial charge in [0.15, 0.2) is 8.32 Å². The molecule has 1 saturated heterocycles. The van der Waals surface area contributed by atoms with Crippen molar-refractivity contribution in [3.63, 3.8) is 0 Å². The van der Waals surface area contributed by atoms with Gasteiger partial charge in [-0.15, -0.1) is 6.58 Å². The first-order chi connectivity index (χ1) is 12.5. The Hall–Kier alpha value is -0.853. The van der Waals surface area contributed by atoms with Crippen molar-refractivity contribution < 1.29 is 18.7 Å². The van der Waals surface area contributed by atoms with Gasteiger partial charge >= 0.3 is 6.09 Å². The number of ether oxygens (including phenoxy) is 2. The molecular weight excluding hydrogens is 370 g/mol. The number of allylic oxidation sites excluding steroid dienone is 1. The van der Waals surface area contributed by atoms with Gasteiger partial charge in [0.1, 0.15) is 11.3 Å². The Morgan fingerprint density at radius 3 is 2.32 bits per heavy atom.